The third-order valence-electron chi connectivity index (χ3n) is 4.78. The standard InChI is InChI=1S/C21H18N2O3/c1-26-23(13-7-3-2-4-8-13)17-12-11-16(22)18-19(17)21(25)15-10-6-5-9-14(15)20(18)24/h2-10H,11-12,22H2,1H3. The van der Waals surface area contributed by atoms with Crippen molar-refractivity contribution >= 4 is 17.3 Å². The molecule has 2 aliphatic rings. The predicted octanol–water partition coefficient (Wildman–Crippen LogP) is 3.39. The normalized spacial score (nSPS) is 16.5. The van der Waals surface area contributed by atoms with Gasteiger partial charge < -0.3 is 5.73 Å². The van der Waals surface area contributed by atoms with Gasteiger partial charge in [0.1, 0.15) is 0 Å². The van der Waals surface area contributed by atoms with Gasteiger partial charge in [0, 0.05) is 16.8 Å². The number of benzene rings is 2. The Labute approximate surface area is 151 Å². The molecule has 0 bridgehead atoms. The van der Waals surface area contributed by atoms with Gasteiger partial charge in [-0.15, -0.1) is 0 Å². The van der Waals surface area contributed by atoms with E-state index in [-0.39, 0.29) is 11.6 Å². The van der Waals surface area contributed by atoms with E-state index in [9.17, 15) is 9.59 Å². The fraction of sp³-hybridized carbons (Fsp3) is 0.143. The largest absolute Gasteiger partial charge is 0.401 e. The average molecular weight is 346 g/mol. The van der Waals surface area contributed by atoms with Crippen molar-refractivity contribution in [1.29, 1.82) is 0 Å². The Hall–Kier alpha value is -3.18. The van der Waals surface area contributed by atoms with Gasteiger partial charge in [0.25, 0.3) is 0 Å². The van der Waals surface area contributed by atoms with E-state index in [4.69, 9.17) is 10.6 Å². The number of carbonyl (C=O) groups excluding carboxylic acids is 2. The summed E-state index contributed by atoms with van der Waals surface area (Å²) in [5.74, 6) is -0.389. The molecule has 0 fully saturated rings. The summed E-state index contributed by atoms with van der Waals surface area (Å²) >= 11 is 0. The minimum Gasteiger partial charge on any atom is -0.401 e. The van der Waals surface area contributed by atoms with Crippen LogP contribution in [0, 0.1) is 0 Å². The molecule has 0 heterocycles. The number of allylic oxidation sites excluding steroid dienone is 4. The minimum atomic E-state index is -0.200. The van der Waals surface area contributed by atoms with Gasteiger partial charge in [-0.2, -0.15) is 0 Å². The number of nitrogens with two attached hydrogens (primary N) is 1. The van der Waals surface area contributed by atoms with Crippen molar-refractivity contribution in [3.05, 3.63) is 88.3 Å². The zero-order valence-corrected chi connectivity index (χ0v) is 14.4. The van der Waals surface area contributed by atoms with E-state index in [1.807, 2.05) is 30.3 Å². The second-order valence-corrected chi connectivity index (χ2v) is 6.24. The lowest BCUT2D eigenvalue weighted by molar-refractivity contribution is 0.0965. The molecule has 0 spiro atoms. The maximum absolute atomic E-state index is 13.2. The van der Waals surface area contributed by atoms with Crippen LogP contribution >= 0.6 is 0 Å². The van der Waals surface area contributed by atoms with Gasteiger partial charge in [0.05, 0.1) is 29.6 Å². The van der Waals surface area contributed by atoms with E-state index in [0.29, 0.717) is 46.5 Å². The highest BCUT2D eigenvalue weighted by Crippen LogP contribution is 2.40. The van der Waals surface area contributed by atoms with Crippen molar-refractivity contribution in [2.45, 2.75) is 12.8 Å². The van der Waals surface area contributed by atoms with E-state index < -0.39 is 0 Å². The second-order valence-electron chi connectivity index (χ2n) is 6.24. The number of hydrogen-bond donors (Lipinski definition) is 1. The van der Waals surface area contributed by atoms with Crippen LogP contribution in [0.2, 0.25) is 0 Å². The van der Waals surface area contributed by atoms with Gasteiger partial charge in [0.2, 0.25) is 0 Å². The summed E-state index contributed by atoms with van der Waals surface area (Å²) in [4.78, 5) is 31.8. The Balaban J connectivity index is 1.96. The highest BCUT2D eigenvalue weighted by atomic mass is 16.7. The summed E-state index contributed by atoms with van der Waals surface area (Å²) in [6.45, 7) is 0. The number of fused-ring (bicyclic) bond motifs is 2. The molecule has 4 rings (SSSR count). The first-order valence-corrected chi connectivity index (χ1v) is 8.43. The van der Waals surface area contributed by atoms with Crippen LogP contribution in [-0.4, -0.2) is 18.7 Å². The van der Waals surface area contributed by atoms with Crippen LogP contribution in [0.4, 0.5) is 5.69 Å². The number of ketones is 2. The maximum Gasteiger partial charge on any atom is 0.196 e. The number of rotatable bonds is 3. The van der Waals surface area contributed by atoms with Crippen molar-refractivity contribution < 1.29 is 14.4 Å². The molecule has 2 aliphatic carbocycles. The van der Waals surface area contributed by atoms with Crippen LogP contribution in [0.25, 0.3) is 0 Å². The Morgan fingerprint density at radius 2 is 1.42 bits per heavy atom. The number of carbonyl (C=O) groups is 2. The molecule has 0 radical (unpaired) electrons. The summed E-state index contributed by atoms with van der Waals surface area (Å²) in [6, 6.07) is 16.3. The molecule has 26 heavy (non-hydrogen) atoms. The lowest BCUT2D eigenvalue weighted by atomic mass is 9.77. The zero-order chi connectivity index (χ0) is 18.3. The smallest absolute Gasteiger partial charge is 0.196 e. The SMILES string of the molecule is CON(C1=C2C(=O)c3ccccc3C(=O)C2=C(N)CC1)c1ccccc1. The Morgan fingerprint density at radius 1 is 0.846 bits per heavy atom. The summed E-state index contributed by atoms with van der Waals surface area (Å²) in [6.07, 6.45) is 1.02. The summed E-state index contributed by atoms with van der Waals surface area (Å²) in [5, 5.41) is 1.61. The Bertz CT molecular complexity index is 974. The summed E-state index contributed by atoms with van der Waals surface area (Å²) in [7, 11) is 1.55. The first-order chi connectivity index (χ1) is 12.6. The van der Waals surface area contributed by atoms with Gasteiger partial charge in [-0.05, 0) is 25.0 Å². The van der Waals surface area contributed by atoms with Crippen molar-refractivity contribution in [3.63, 3.8) is 0 Å². The molecule has 0 aromatic heterocycles. The summed E-state index contributed by atoms with van der Waals surface area (Å²) in [5.41, 5.74) is 9.54. The molecule has 0 unspecified atom stereocenters. The third-order valence-corrected chi connectivity index (χ3v) is 4.78. The van der Waals surface area contributed by atoms with Crippen molar-refractivity contribution in [2.75, 3.05) is 12.2 Å². The molecule has 2 aromatic rings. The van der Waals surface area contributed by atoms with Gasteiger partial charge in [-0.3, -0.25) is 14.4 Å². The van der Waals surface area contributed by atoms with Gasteiger partial charge in [-0.1, -0.05) is 42.5 Å². The van der Waals surface area contributed by atoms with Crippen LogP contribution in [0.15, 0.2) is 77.1 Å². The molecule has 0 aliphatic heterocycles. The van der Waals surface area contributed by atoms with E-state index in [1.165, 1.54) is 0 Å². The van der Waals surface area contributed by atoms with Crippen LogP contribution in [0.1, 0.15) is 33.6 Å². The maximum atomic E-state index is 13.2. The highest BCUT2D eigenvalue weighted by Gasteiger charge is 2.39. The highest BCUT2D eigenvalue weighted by molar-refractivity contribution is 6.31. The molecule has 0 atom stereocenters. The molecule has 2 N–H and O–H groups in total. The zero-order valence-electron chi connectivity index (χ0n) is 14.4. The first-order valence-electron chi connectivity index (χ1n) is 8.43. The lowest BCUT2D eigenvalue weighted by Gasteiger charge is -2.33. The Morgan fingerprint density at radius 3 is 2.04 bits per heavy atom. The number of para-hydroxylation sites is 1. The van der Waals surface area contributed by atoms with Crippen LogP contribution in [-0.2, 0) is 4.84 Å². The molecule has 0 saturated heterocycles. The third kappa shape index (κ3) is 2.36. The molecule has 5 nitrogen and oxygen atoms in total. The van der Waals surface area contributed by atoms with Crippen molar-refractivity contribution in [3.8, 4) is 0 Å². The number of hydroxylamine groups is 1. The van der Waals surface area contributed by atoms with Crippen molar-refractivity contribution in [2.24, 2.45) is 5.73 Å². The average Bonchev–Trinajstić information content (AvgIpc) is 2.68. The second kappa shape index (κ2) is 6.28. The molecule has 0 saturated carbocycles. The fourth-order valence-electron chi connectivity index (χ4n) is 3.60. The number of hydrogen-bond acceptors (Lipinski definition) is 5. The van der Waals surface area contributed by atoms with Gasteiger partial charge in [-0.25, -0.2) is 5.06 Å². The van der Waals surface area contributed by atoms with E-state index in [0.717, 1.165) is 5.69 Å². The molecular weight excluding hydrogens is 328 g/mol. The first kappa shape index (κ1) is 16.3. The molecular formula is C21H18N2O3. The van der Waals surface area contributed by atoms with Gasteiger partial charge in [0.15, 0.2) is 11.6 Å². The minimum absolute atomic E-state index is 0.189. The lowest BCUT2D eigenvalue weighted by Crippen LogP contribution is -2.34. The number of anilines is 1. The molecule has 5 heteroatoms. The van der Waals surface area contributed by atoms with Crippen LogP contribution < -0.4 is 10.8 Å². The van der Waals surface area contributed by atoms with E-state index in [1.54, 1.807) is 36.4 Å². The number of Topliss-reactive ketones (excluding diaryl/α,β-unsaturated/α-hetero) is 2. The van der Waals surface area contributed by atoms with E-state index >= 15 is 0 Å². The monoisotopic (exact) mass is 346 g/mol. The van der Waals surface area contributed by atoms with E-state index in [2.05, 4.69) is 0 Å². The number of nitrogens with zero attached hydrogens (tertiary/aromatic N) is 1. The predicted molar refractivity (Wildman–Crippen MR) is 98.5 cm³/mol. The Kier molecular flexibility index (Phi) is 3.93. The quantitative estimate of drug-likeness (QED) is 0.863. The van der Waals surface area contributed by atoms with Gasteiger partial charge >= 0.3 is 0 Å². The van der Waals surface area contributed by atoms with Crippen LogP contribution in [0.3, 0.4) is 0 Å². The topological polar surface area (TPSA) is 72.6 Å². The van der Waals surface area contributed by atoms with Crippen molar-refractivity contribution in [1.82, 2.24) is 0 Å². The molecule has 0 amide bonds. The summed E-state index contributed by atoms with van der Waals surface area (Å²) < 4.78 is 0. The molecule has 2 aromatic carbocycles. The van der Waals surface area contributed by atoms with Crippen LogP contribution in [0.5, 0.6) is 0 Å². The molecule has 130 valence electrons. The fourth-order valence-corrected chi connectivity index (χ4v) is 3.60.